The summed E-state index contributed by atoms with van der Waals surface area (Å²) in [6, 6.07) is 14.7. The topological polar surface area (TPSA) is 96.0 Å². The number of nitrogens with one attached hydrogen (secondary N) is 3. The van der Waals surface area contributed by atoms with Crippen LogP contribution in [0.3, 0.4) is 0 Å². The largest absolute Gasteiger partial charge is 0.325 e. The molecule has 0 fully saturated rings. The van der Waals surface area contributed by atoms with Crippen molar-refractivity contribution in [2.75, 3.05) is 21.7 Å². The van der Waals surface area contributed by atoms with Crippen molar-refractivity contribution in [1.29, 1.82) is 0 Å². The Morgan fingerprint density at radius 2 is 1.43 bits per heavy atom. The van der Waals surface area contributed by atoms with Crippen molar-refractivity contribution in [3.05, 3.63) is 59.7 Å². The lowest BCUT2D eigenvalue weighted by molar-refractivity contribution is -0.113. The van der Waals surface area contributed by atoms with Crippen molar-refractivity contribution in [3.8, 4) is 0 Å². The maximum absolute atomic E-state index is 12.0. The highest BCUT2D eigenvalue weighted by atomic mass is 32.2. The molecule has 0 saturated carbocycles. The summed E-state index contributed by atoms with van der Waals surface area (Å²) >= 11 is 2.48. The first-order chi connectivity index (χ1) is 13.5. The molecule has 0 bridgehead atoms. The van der Waals surface area contributed by atoms with Crippen molar-refractivity contribution < 1.29 is 9.59 Å². The summed E-state index contributed by atoms with van der Waals surface area (Å²) in [5.74, 6) is 0.0774. The van der Waals surface area contributed by atoms with Gasteiger partial charge in [0, 0.05) is 11.4 Å². The van der Waals surface area contributed by atoms with E-state index in [2.05, 4.69) is 26.1 Å². The van der Waals surface area contributed by atoms with Crippen molar-refractivity contribution >= 4 is 51.5 Å². The fourth-order valence-electron chi connectivity index (χ4n) is 2.18. The maximum Gasteiger partial charge on any atom is 0.325 e. The van der Waals surface area contributed by atoms with E-state index in [1.165, 1.54) is 23.1 Å². The monoisotopic (exact) mass is 413 g/mol. The molecule has 0 radical (unpaired) electrons. The Kier molecular flexibility index (Phi) is 6.62. The summed E-state index contributed by atoms with van der Waals surface area (Å²) in [5.41, 5.74) is 3.69. The number of hydrogen-bond donors (Lipinski definition) is 3. The van der Waals surface area contributed by atoms with Crippen molar-refractivity contribution in [2.45, 2.75) is 18.2 Å². The number of urea groups is 1. The third-order valence-electron chi connectivity index (χ3n) is 3.60. The molecule has 0 aliphatic rings. The zero-order valence-corrected chi connectivity index (χ0v) is 17.0. The van der Waals surface area contributed by atoms with Gasteiger partial charge < -0.3 is 10.6 Å². The zero-order chi connectivity index (χ0) is 19.9. The lowest BCUT2D eigenvalue weighted by atomic mass is 10.2. The van der Waals surface area contributed by atoms with E-state index in [4.69, 9.17) is 0 Å². The summed E-state index contributed by atoms with van der Waals surface area (Å²) in [6.45, 7) is 3.97. The number of aryl methyl sites for hydroxylation is 2. The van der Waals surface area contributed by atoms with E-state index in [9.17, 15) is 9.59 Å². The molecule has 0 unspecified atom stereocenters. The maximum atomic E-state index is 12.0. The average Bonchev–Trinajstić information content (AvgIpc) is 3.11. The standard InChI is InChI=1S/C19H19N5O2S2/c1-12-3-7-14(8-4-12)20-16(25)11-27-19-24-23-18(28-19)22-17(26)21-15-9-5-13(2)6-10-15/h3-10H,11H2,1-2H3,(H,20,25)(H2,21,22,23,26). The Bertz CT molecular complexity index is 955. The van der Waals surface area contributed by atoms with Crippen LogP contribution < -0.4 is 16.0 Å². The fourth-order valence-corrected chi connectivity index (χ4v) is 3.72. The minimum atomic E-state index is -0.395. The quantitative estimate of drug-likeness (QED) is 0.408. The molecule has 0 spiro atoms. The highest BCUT2D eigenvalue weighted by molar-refractivity contribution is 8.01. The predicted octanol–water partition coefficient (Wildman–Crippen LogP) is 4.53. The van der Waals surface area contributed by atoms with E-state index in [1.807, 2.05) is 62.4 Å². The molecule has 0 aliphatic carbocycles. The number of nitrogens with zero attached hydrogens (tertiary/aromatic N) is 2. The Labute approximate surface area is 171 Å². The molecule has 0 atom stereocenters. The van der Waals surface area contributed by atoms with E-state index in [-0.39, 0.29) is 11.7 Å². The molecule has 7 nitrogen and oxygen atoms in total. The van der Waals surface area contributed by atoms with Crippen LogP contribution >= 0.6 is 23.1 Å². The number of aromatic nitrogens is 2. The first-order valence-corrected chi connectivity index (χ1v) is 10.3. The van der Waals surface area contributed by atoms with Gasteiger partial charge in [-0.05, 0) is 38.1 Å². The molecule has 144 valence electrons. The van der Waals surface area contributed by atoms with Crippen LogP contribution in [0.25, 0.3) is 0 Å². The number of benzene rings is 2. The van der Waals surface area contributed by atoms with Gasteiger partial charge >= 0.3 is 6.03 Å². The van der Waals surface area contributed by atoms with Gasteiger partial charge in [-0.15, -0.1) is 10.2 Å². The number of amides is 3. The molecule has 0 aliphatic heterocycles. The summed E-state index contributed by atoms with van der Waals surface area (Å²) < 4.78 is 0.602. The second-order valence-corrected chi connectivity index (χ2v) is 8.22. The van der Waals surface area contributed by atoms with Crippen LogP contribution in [-0.4, -0.2) is 27.9 Å². The zero-order valence-electron chi connectivity index (χ0n) is 15.4. The highest BCUT2D eigenvalue weighted by Crippen LogP contribution is 2.25. The van der Waals surface area contributed by atoms with Gasteiger partial charge in [-0.1, -0.05) is 58.5 Å². The molecule has 2 aromatic carbocycles. The summed E-state index contributed by atoms with van der Waals surface area (Å²) in [4.78, 5) is 24.0. The lowest BCUT2D eigenvalue weighted by Gasteiger charge is -2.05. The van der Waals surface area contributed by atoms with Crippen LogP contribution in [0.15, 0.2) is 52.9 Å². The Balaban J connectivity index is 1.45. The van der Waals surface area contributed by atoms with E-state index < -0.39 is 6.03 Å². The first-order valence-electron chi connectivity index (χ1n) is 8.45. The van der Waals surface area contributed by atoms with E-state index in [1.54, 1.807) is 0 Å². The number of carbonyl (C=O) groups is 2. The van der Waals surface area contributed by atoms with Crippen LogP contribution in [0.5, 0.6) is 0 Å². The smallest absolute Gasteiger partial charge is 0.325 e. The average molecular weight is 414 g/mol. The van der Waals surface area contributed by atoms with Crippen LogP contribution in [0.4, 0.5) is 21.3 Å². The fraction of sp³-hybridized carbons (Fsp3) is 0.158. The van der Waals surface area contributed by atoms with Crippen LogP contribution in [0.2, 0.25) is 0 Å². The number of carbonyl (C=O) groups excluding carboxylic acids is 2. The molecule has 3 rings (SSSR count). The first kappa shape index (κ1) is 19.8. The molecule has 1 heterocycles. The molecular weight excluding hydrogens is 394 g/mol. The Morgan fingerprint density at radius 3 is 2.04 bits per heavy atom. The minimum Gasteiger partial charge on any atom is -0.325 e. The van der Waals surface area contributed by atoms with Crippen LogP contribution in [0.1, 0.15) is 11.1 Å². The molecule has 3 aromatic rings. The molecule has 0 saturated heterocycles. The van der Waals surface area contributed by atoms with Gasteiger partial charge in [-0.25, -0.2) is 4.79 Å². The van der Waals surface area contributed by atoms with E-state index in [0.29, 0.717) is 15.2 Å². The van der Waals surface area contributed by atoms with Crippen molar-refractivity contribution in [3.63, 3.8) is 0 Å². The number of thioether (sulfide) groups is 1. The van der Waals surface area contributed by atoms with Crippen molar-refractivity contribution in [2.24, 2.45) is 0 Å². The summed E-state index contributed by atoms with van der Waals surface area (Å²) in [6.07, 6.45) is 0. The number of hydrogen-bond acceptors (Lipinski definition) is 6. The third-order valence-corrected chi connectivity index (χ3v) is 5.57. The van der Waals surface area contributed by atoms with Crippen LogP contribution in [-0.2, 0) is 4.79 Å². The Hall–Kier alpha value is -2.91. The van der Waals surface area contributed by atoms with Crippen molar-refractivity contribution in [1.82, 2.24) is 10.2 Å². The molecule has 9 heteroatoms. The molecular formula is C19H19N5O2S2. The minimum absolute atomic E-state index is 0.129. The van der Waals surface area contributed by atoms with Gasteiger partial charge in [0.25, 0.3) is 0 Å². The molecule has 28 heavy (non-hydrogen) atoms. The van der Waals surface area contributed by atoms with E-state index >= 15 is 0 Å². The number of rotatable bonds is 6. The second kappa shape index (κ2) is 9.34. The predicted molar refractivity (Wildman–Crippen MR) is 114 cm³/mol. The third kappa shape index (κ3) is 6.07. The van der Waals surface area contributed by atoms with Gasteiger partial charge in [0.15, 0.2) is 4.34 Å². The highest BCUT2D eigenvalue weighted by Gasteiger charge is 2.11. The van der Waals surface area contributed by atoms with E-state index in [0.717, 1.165) is 16.8 Å². The van der Waals surface area contributed by atoms with Gasteiger partial charge in [0.1, 0.15) is 0 Å². The lowest BCUT2D eigenvalue weighted by Crippen LogP contribution is -2.19. The van der Waals surface area contributed by atoms with Gasteiger partial charge in [0.05, 0.1) is 5.75 Å². The molecule has 3 N–H and O–H groups in total. The van der Waals surface area contributed by atoms with Gasteiger partial charge in [0.2, 0.25) is 11.0 Å². The summed E-state index contributed by atoms with van der Waals surface area (Å²) in [5, 5.41) is 16.5. The SMILES string of the molecule is Cc1ccc(NC(=O)CSc2nnc(NC(=O)Nc3ccc(C)cc3)s2)cc1. The Morgan fingerprint density at radius 1 is 0.857 bits per heavy atom. The van der Waals surface area contributed by atoms with Gasteiger partial charge in [-0.3, -0.25) is 10.1 Å². The van der Waals surface area contributed by atoms with Crippen LogP contribution in [0, 0.1) is 13.8 Å². The van der Waals surface area contributed by atoms with Gasteiger partial charge in [-0.2, -0.15) is 0 Å². The number of anilines is 3. The normalized spacial score (nSPS) is 10.4. The second-order valence-electron chi connectivity index (χ2n) is 6.02. The molecule has 3 amide bonds. The molecule has 1 aromatic heterocycles. The summed E-state index contributed by atoms with van der Waals surface area (Å²) in [7, 11) is 0.